The van der Waals surface area contributed by atoms with Crippen molar-refractivity contribution in [1.29, 1.82) is 0 Å². The smallest absolute Gasteiger partial charge is 0.271 e. The Bertz CT molecular complexity index is 607. The molecule has 2 aliphatic rings. The highest BCUT2D eigenvalue weighted by Gasteiger charge is 2.22. The molecule has 0 unspecified atom stereocenters. The van der Waals surface area contributed by atoms with Crippen LogP contribution < -0.4 is 15.5 Å². The largest absolute Gasteiger partial charge is 0.354 e. The van der Waals surface area contributed by atoms with Crippen molar-refractivity contribution in [2.45, 2.75) is 38.1 Å². The van der Waals surface area contributed by atoms with Gasteiger partial charge >= 0.3 is 0 Å². The van der Waals surface area contributed by atoms with Gasteiger partial charge in [0.05, 0.1) is 6.54 Å². The SMILES string of the molecule is CNC(=O)c1ccc(N2CCN(CC(=O)NC3CCCCC3)CC2)nn1. The molecule has 1 saturated heterocycles. The van der Waals surface area contributed by atoms with Crippen LogP contribution in [0, 0.1) is 0 Å². The summed E-state index contributed by atoms with van der Waals surface area (Å²) in [4.78, 5) is 28.1. The lowest BCUT2D eigenvalue weighted by molar-refractivity contribution is -0.123. The van der Waals surface area contributed by atoms with Gasteiger partial charge < -0.3 is 15.5 Å². The first-order chi connectivity index (χ1) is 12.7. The van der Waals surface area contributed by atoms with E-state index in [9.17, 15) is 9.59 Å². The van der Waals surface area contributed by atoms with Crippen LogP contribution in [0.5, 0.6) is 0 Å². The molecule has 0 radical (unpaired) electrons. The molecule has 0 spiro atoms. The van der Waals surface area contributed by atoms with Crippen LogP contribution in [0.4, 0.5) is 5.82 Å². The fourth-order valence-corrected chi connectivity index (χ4v) is 3.60. The van der Waals surface area contributed by atoms with Crippen LogP contribution in [0.3, 0.4) is 0 Å². The van der Waals surface area contributed by atoms with Crippen LogP contribution in [-0.4, -0.2) is 72.7 Å². The average Bonchev–Trinajstić information content (AvgIpc) is 2.69. The standard InChI is InChI=1S/C18H28N6O2/c1-19-18(26)15-7-8-16(22-21-15)24-11-9-23(10-12-24)13-17(25)20-14-5-3-2-4-6-14/h7-8,14H,2-6,9-13H2,1H3,(H,19,26)(H,20,25). The van der Waals surface area contributed by atoms with Crippen molar-refractivity contribution in [1.82, 2.24) is 25.7 Å². The molecule has 8 heteroatoms. The number of hydrogen-bond donors (Lipinski definition) is 2. The van der Waals surface area contributed by atoms with Crippen molar-refractivity contribution < 1.29 is 9.59 Å². The minimum absolute atomic E-state index is 0.139. The number of hydrogen-bond acceptors (Lipinski definition) is 6. The zero-order valence-electron chi connectivity index (χ0n) is 15.4. The van der Waals surface area contributed by atoms with Gasteiger partial charge in [-0.3, -0.25) is 14.5 Å². The maximum absolute atomic E-state index is 12.2. The van der Waals surface area contributed by atoms with Crippen LogP contribution in [-0.2, 0) is 4.79 Å². The molecule has 1 saturated carbocycles. The third kappa shape index (κ3) is 4.91. The molecule has 26 heavy (non-hydrogen) atoms. The Morgan fingerprint density at radius 1 is 1.08 bits per heavy atom. The Hall–Kier alpha value is -2.22. The molecule has 2 heterocycles. The highest BCUT2D eigenvalue weighted by Crippen LogP contribution is 2.17. The zero-order chi connectivity index (χ0) is 18.4. The predicted octanol–water partition coefficient (Wildman–Crippen LogP) is 0.407. The summed E-state index contributed by atoms with van der Waals surface area (Å²) in [5.41, 5.74) is 0.314. The van der Waals surface area contributed by atoms with E-state index in [1.807, 2.05) is 6.07 Å². The first-order valence-corrected chi connectivity index (χ1v) is 9.48. The van der Waals surface area contributed by atoms with Gasteiger partial charge in [0.2, 0.25) is 5.91 Å². The van der Waals surface area contributed by atoms with Gasteiger partial charge in [0.15, 0.2) is 11.5 Å². The summed E-state index contributed by atoms with van der Waals surface area (Å²) >= 11 is 0. The van der Waals surface area contributed by atoms with Crippen LogP contribution >= 0.6 is 0 Å². The highest BCUT2D eigenvalue weighted by molar-refractivity contribution is 5.91. The van der Waals surface area contributed by atoms with Crippen molar-refractivity contribution in [3.8, 4) is 0 Å². The summed E-state index contributed by atoms with van der Waals surface area (Å²) in [6.45, 7) is 3.69. The highest BCUT2D eigenvalue weighted by atomic mass is 16.2. The third-order valence-corrected chi connectivity index (χ3v) is 5.14. The first kappa shape index (κ1) is 18.6. The normalized spacial score (nSPS) is 19.2. The van der Waals surface area contributed by atoms with Gasteiger partial charge in [-0.2, -0.15) is 0 Å². The van der Waals surface area contributed by atoms with Crippen LogP contribution in [0.1, 0.15) is 42.6 Å². The Morgan fingerprint density at radius 2 is 1.81 bits per heavy atom. The minimum atomic E-state index is -0.238. The zero-order valence-corrected chi connectivity index (χ0v) is 15.4. The number of piperazine rings is 1. The van der Waals surface area contributed by atoms with Crippen LogP contribution in [0.25, 0.3) is 0 Å². The molecular weight excluding hydrogens is 332 g/mol. The van der Waals surface area contributed by atoms with Gasteiger partial charge in [-0.05, 0) is 25.0 Å². The number of carbonyl (C=O) groups is 2. The van der Waals surface area contributed by atoms with Gasteiger partial charge in [0, 0.05) is 39.3 Å². The van der Waals surface area contributed by atoms with Crippen molar-refractivity contribution in [2.75, 3.05) is 44.7 Å². The van der Waals surface area contributed by atoms with E-state index in [1.165, 1.54) is 19.3 Å². The van der Waals surface area contributed by atoms with E-state index in [2.05, 4.69) is 30.6 Å². The van der Waals surface area contributed by atoms with E-state index < -0.39 is 0 Å². The fraction of sp³-hybridized carbons (Fsp3) is 0.667. The van der Waals surface area contributed by atoms with Gasteiger partial charge in [-0.1, -0.05) is 19.3 Å². The molecule has 1 aromatic rings. The van der Waals surface area contributed by atoms with E-state index in [1.54, 1.807) is 13.1 Å². The summed E-state index contributed by atoms with van der Waals surface area (Å²) in [5.74, 6) is 0.668. The number of aromatic nitrogens is 2. The number of anilines is 1. The number of nitrogens with one attached hydrogen (secondary N) is 2. The Labute approximate surface area is 154 Å². The second-order valence-electron chi connectivity index (χ2n) is 7.02. The molecule has 8 nitrogen and oxygen atoms in total. The maximum Gasteiger partial charge on any atom is 0.271 e. The summed E-state index contributed by atoms with van der Waals surface area (Å²) in [5, 5.41) is 13.8. The van der Waals surface area contributed by atoms with E-state index in [-0.39, 0.29) is 11.8 Å². The van der Waals surface area contributed by atoms with E-state index in [0.29, 0.717) is 18.3 Å². The number of rotatable bonds is 5. The van der Waals surface area contributed by atoms with E-state index in [4.69, 9.17) is 0 Å². The third-order valence-electron chi connectivity index (χ3n) is 5.14. The minimum Gasteiger partial charge on any atom is -0.354 e. The van der Waals surface area contributed by atoms with Crippen molar-refractivity contribution in [2.24, 2.45) is 0 Å². The number of carbonyl (C=O) groups excluding carboxylic acids is 2. The van der Waals surface area contributed by atoms with Crippen molar-refractivity contribution in [3.63, 3.8) is 0 Å². The molecular formula is C18H28N6O2. The second-order valence-corrected chi connectivity index (χ2v) is 7.02. The quantitative estimate of drug-likeness (QED) is 0.790. The molecule has 0 atom stereocenters. The summed E-state index contributed by atoms with van der Waals surface area (Å²) in [6, 6.07) is 3.88. The lowest BCUT2D eigenvalue weighted by atomic mass is 9.95. The molecule has 1 aromatic heterocycles. The Kier molecular flexibility index (Phi) is 6.38. The fourth-order valence-electron chi connectivity index (χ4n) is 3.60. The number of amides is 2. The van der Waals surface area contributed by atoms with Crippen molar-refractivity contribution >= 4 is 17.6 Å². The lowest BCUT2D eigenvalue weighted by Gasteiger charge is -2.35. The van der Waals surface area contributed by atoms with Crippen LogP contribution in [0.2, 0.25) is 0 Å². The predicted molar refractivity (Wildman–Crippen MR) is 99.1 cm³/mol. The Morgan fingerprint density at radius 3 is 2.42 bits per heavy atom. The van der Waals surface area contributed by atoms with E-state index in [0.717, 1.165) is 44.8 Å². The van der Waals surface area contributed by atoms with Gasteiger partial charge in [-0.15, -0.1) is 10.2 Å². The molecule has 1 aliphatic carbocycles. The molecule has 2 N–H and O–H groups in total. The molecule has 2 amide bonds. The van der Waals surface area contributed by atoms with Gasteiger partial charge in [-0.25, -0.2) is 0 Å². The summed E-state index contributed by atoms with van der Waals surface area (Å²) in [6.07, 6.45) is 5.97. The van der Waals surface area contributed by atoms with Gasteiger partial charge in [0.1, 0.15) is 0 Å². The van der Waals surface area contributed by atoms with Crippen LogP contribution in [0.15, 0.2) is 12.1 Å². The molecule has 0 bridgehead atoms. The average molecular weight is 360 g/mol. The number of nitrogens with zero attached hydrogens (tertiary/aromatic N) is 4. The maximum atomic E-state index is 12.2. The second kappa shape index (κ2) is 8.93. The lowest BCUT2D eigenvalue weighted by Crippen LogP contribution is -2.51. The Balaban J connectivity index is 1.43. The van der Waals surface area contributed by atoms with Crippen molar-refractivity contribution in [3.05, 3.63) is 17.8 Å². The van der Waals surface area contributed by atoms with Gasteiger partial charge in [0.25, 0.3) is 5.91 Å². The van der Waals surface area contributed by atoms with E-state index >= 15 is 0 Å². The summed E-state index contributed by atoms with van der Waals surface area (Å²) in [7, 11) is 1.57. The molecule has 1 aliphatic heterocycles. The molecule has 142 valence electrons. The molecule has 3 rings (SSSR count). The molecule has 2 fully saturated rings. The molecule has 0 aromatic carbocycles. The topological polar surface area (TPSA) is 90.5 Å². The first-order valence-electron chi connectivity index (χ1n) is 9.48. The monoisotopic (exact) mass is 360 g/mol. The summed E-state index contributed by atoms with van der Waals surface area (Å²) < 4.78 is 0.